The molecule has 0 aliphatic carbocycles. The second-order valence-corrected chi connectivity index (χ2v) is 3.91. The molecule has 78 valence electrons. The second-order valence-electron chi connectivity index (χ2n) is 3.47. The summed E-state index contributed by atoms with van der Waals surface area (Å²) in [6, 6.07) is 7.54. The Balaban J connectivity index is 2.33. The predicted molar refractivity (Wildman–Crippen MR) is 61.2 cm³/mol. The van der Waals surface area contributed by atoms with Gasteiger partial charge in [0.05, 0.1) is 12.0 Å². The summed E-state index contributed by atoms with van der Waals surface area (Å²) >= 11 is 5.81. The van der Waals surface area contributed by atoms with E-state index in [0.29, 0.717) is 0 Å². The highest BCUT2D eigenvalue weighted by molar-refractivity contribution is 6.30. The maximum absolute atomic E-state index is 5.81. The SMILES string of the molecule is C[C@@H](N)c1cn(-c2ccc(Cl)cc2)cn1. The molecule has 3 nitrogen and oxygen atoms in total. The third kappa shape index (κ3) is 2.19. The number of halogens is 1. The summed E-state index contributed by atoms with van der Waals surface area (Å²) in [5.74, 6) is 0. The molecule has 0 amide bonds. The van der Waals surface area contributed by atoms with E-state index < -0.39 is 0 Å². The van der Waals surface area contributed by atoms with Gasteiger partial charge in [-0.25, -0.2) is 4.98 Å². The lowest BCUT2D eigenvalue weighted by Crippen LogP contribution is -2.04. The molecule has 1 aromatic heterocycles. The first-order valence-electron chi connectivity index (χ1n) is 4.72. The van der Waals surface area contributed by atoms with Crippen molar-refractivity contribution in [3.05, 3.63) is 47.5 Å². The highest BCUT2D eigenvalue weighted by Gasteiger charge is 2.04. The Labute approximate surface area is 93.5 Å². The van der Waals surface area contributed by atoms with Gasteiger partial charge in [-0.15, -0.1) is 0 Å². The number of rotatable bonds is 2. The van der Waals surface area contributed by atoms with Crippen molar-refractivity contribution in [1.82, 2.24) is 9.55 Å². The smallest absolute Gasteiger partial charge is 0.0995 e. The minimum absolute atomic E-state index is 0.0430. The fraction of sp³-hybridized carbons (Fsp3) is 0.182. The number of imidazole rings is 1. The van der Waals surface area contributed by atoms with Crippen LogP contribution in [0.25, 0.3) is 5.69 Å². The molecule has 4 heteroatoms. The molecule has 1 aromatic carbocycles. The first-order chi connectivity index (χ1) is 7.16. The third-order valence-electron chi connectivity index (χ3n) is 2.19. The van der Waals surface area contributed by atoms with Crippen LogP contribution < -0.4 is 5.73 Å². The number of aromatic nitrogens is 2. The molecule has 0 saturated heterocycles. The molecule has 2 aromatic rings. The molecule has 2 rings (SSSR count). The molecule has 0 spiro atoms. The van der Waals surface area contributed by atoms with Crippen LogP contribution in [0.4, 0.5) is 0 Å². The molecule has 0 fully saturated rings. The van der Waals surface area contributed by atoms with Gasteiger partial charge in [0, 0.05) is 22.9 Å². The maximum Gasteiger partial charge on any atom is 0.0995 e. The molecule has 1 atom stereocenters. The molecular weight excluding hydrogens is 210 g/mol. The summed E-state index contributed by atoms with van der Waals surface area (Å²) in [4.78, 5) is 4.22. The van der Waals surface area contributed by atoms with Gasteiger partial charge < -0.3 is 10.3 Å². The standard InChI is InChI=1S/C11H12ClN3/c1-8(13)11-6-15(7-14-11)10-4-2-9(12)3-5-10/h2-8H,13H2,1H3/t8-/m1/s1. The van der Waals surface area contributed by atoms with Crippen LogP contribution in [0.3, 0.4) is 0 Å². The van der Waals surface area contributed by atoms with Crippen LogP contribution in [0.2, 0.25) is 5.02 Å². The monoisotopic (exact) mass is 221 g/mol. The normalized spacial score (nSPS) is 12.7. The lowest BCUT2D eigenvalue weighted by Gasteiger charge is -2.01. The lowest BCUT2D eigenvalue weighted by molar-refractivity contribution is 0.788. The van der Waals surface area contributed by atoms with Gasteiger partial charge >= 0.3 is 0 Å². The zero-order valence-corrected chi connectivity index (χ0v) is 9.15. The predicted octanol–water partition coefficient (Wildman–Crippen LogP) is 2.55. The second kappa shape index (κ2) is 4.04. The summed E-state index contributed by atoms with van der Waals surface area (Å²) in [5.41, 5.74) is 7.64. The van der Waals surface area contributed by atoms with Crippen LogP contribution >= 0.6 is 11.6 Å². The average Bonchev–Trinajstić information content (AvgIpc) is 2.68. The van der Waals surface area contributed by atoms with Crippen molar-refractivity contribution in [3.63, 3.8) is 0 Å². The van der Waals surface area contributed by atoms with E-state index in [4.69, 9.17) is 17.3 Å². The molecule has 1 heterocycles. The van der Waals surface area contributed by atoms with E-state index in [1.165, 1.54) is 0 Å². The first-order valence-corrected chi connectivity index (χ1v) is 5.10. The first kappa shape index (κ1) is 10.2. The van der Waals surface area contributed by atoms with Crippen LogP contribution in [-0.2, 0) is 0 Å². The van der Waals surface area contributed by atoms with E-state index in [1.54, 1.807) is 6.33 Å². The summed E-state index contributed by atoms with van der Waals surface area (Å²) in [6.45, 7) is 1.91. The van der Waals surface area contributed by atoms with E-state index in [0.717, 1.165) is 16.4 Å². The van der Waals surface area contributed by atoms with Crippen LogP contribution in [0.1, 0.15) is 18.7 Å². The summed E-state index contributed by atoms with van der Waals surface area (Å²) < 4.78 is 1.93. The van der Waals surface area contributed by atoms with Gasteiger partial charge in [0.1, 0.15) is 0 Å². The summed E-state index contributed by atoms with van der Waals surface area (Å²) in [5, 5.41) is 0.728. The van der Waals surface area contributed by atoms with Crippen molar-refractivity contribution in [1.29, 1.82) is 0 Å². The molecule has 0 radical (unpaired) electrons. The van der Waals surface area contributed by atoms with Crippen molar-refractivity contribution in [3.8, 4) is 5.69 Å². The maximum atomic E-state index is 5.81. The topological polar surface area (TPSA) is 43.8 Å². The number of hydrogen-bond acceptors (Lipinski definition) is 2. The quantitative estimate of drug-likeness (QED) is 0.847. The fourth-order valence-corrected chi connectivity index (χ4v) is 1.45. The van der Waals surface area contributed by atoms with Crippen molar-refractivity contribution in [2.24, 2.45) is 5.73 Å². The highest BCUT2D eigenvalue weighted by Crippen LogP contribution is 2.15. The van der Waals surface area contributed by atoms with Crippen molar-refractivity contribution >= 4 is 11.6 Å². The minimum Gasteiger partial charge on any atom is -0.323 e. The molecule has 0 bridgehead atoms. The molecule has 0 aliphatic heterocycles. The molecule has 0 unspecified atom stereocenters. The molecule has 0 saturated carbocycles. The number of nitrogens with zero attached hydrogens (tertiary/aromatic N) is 2. The van der Waals surface area contributed by atoms with Crippen molar-refractivity contribution < 1.29 is 0 Å². The van der Waals surface area contributed by atoms with E-state index in [9.17, 15) is 0 Å². The third-order valence-corrected chi connectivity index (χ3v) is 2.45. The molecular formula is C11H12ClN3. The fourth-order valence-electron chi connectivity index (χ4n) is 1.33. The van der Waals surface area contributed by atoms with Crippen LogP contribution in [0.5, 0.6) is 0 Å². The van der Waals surface area contributed by atoms with Gasteiger partial charge in [-0.05, 0) is 31.2 Å². The summed E-state index contributed by atoms with van der Waals surface area (Å²) in [7, 11) is 0. The Morgan fingerprint density at radius 2 is 2.00 bits per heavy atom. The van der Waals surface area contributed by atoms with Crippen molar-refractivity contribution in [2.75, 3.05) is 0 Å². The minimum atomic E-state index is -0.0430. The Hall–Kier alpha value is -1.32. The Bertz CT molecular complexity index is 445. The van der Waals surface area contributed by atoms with Crippen LogP contribution in [0, 0.1) is 0 Å². The van der Waals surface area contributed by atoms with Gasteiger partial charge in [-0.3, -0.25) is 0 Å². The summed E-state index contributed by atoms with van der Waals surface area (Å²) in [6.07, 6.45) is 3.68. The molecule has 0 aliphatic rings. The highest BCUT2D eigenvalue weighted by atomic mass is 35.5. The number of benzene rings is 1. The van der Waals surface area contributed by atoms with Crippen LogP contribution in [0.15, 0.2) is 36.8 Å². The van der Waals surface area contributed by atoms with E-state index in [1.807, 2.05) is 42.0 Å². The van der Waals surface area contributed by atoms with E-state index in [2.05, 4.69) is 4.98 Å². The van der Waals surface area contributed by atoms with Gasteiger partial charge in [-0.1, -0.05) is 11.6 Å². The zero-order valence-electron chi connectivity index (χ0n) is 8.39. The zero-order chi connectivity index (χ0) is 10.8. The van der Waals surface area contributed by atoms with E-state index in [-0.39, 0.29) is 6.04 Å². The number of hydrogen-bond donors (Lipinski definition) is 1. The average molecular weight is 222 g/mol. The Kier molecular flexibility index (Phi) is 2.75. The number of nitrogens with two attached hydrogens (primary N) is 1. The Morgan fingerprint density at radius 3 is 2.53 bits per heavy atom. The van der Waals surface area contributed by atoms with Gasteiger partial charge in [-0.2, -0.15) is 0 Å². The molecule has 15 heavy (non-hydrogen) atoms. The van der Waals surface area contributed by atoms with Crippen LogP contribution in [-0.4, -0.2) is 9.55 Å². The van der Waals surface area contributed by atoms with E-state index >= 15 is 0 Å². The van der Waals surface area contributed by atoms with Gasteiger partial charge in [0.15, 0.2) is 0 Å². The van der Waals surface area contributed by atoms with Gasteiger partial charge in [0.25, 0.3) is 0 Å². The molecule has 2 N–H and O–H groups in total. The lowest BCUT2D eigenvalue weighted by atomic mass is 10.3. The van der Waals surface area contributed by atoms with Crippen molar-refractivity contribution in [2.45, 2.75) is 13.0 Å². The van der Waals surface area contributed by atoms with Gasteiger partial charge in [0.2, 0.25) is 0 Å². The Morgan fingerprint density at radius 1 is 1.33 bits per heavy atom. The largest absolute Gasteiger partial charge is 0.323 e.